The fourth-order valence-electron chi connectivity index (χ4n) is 3.13. The van der Waals surface area contributed by atoms with E-state index in [1.807, 2.05) is 19.1 Å². The minimum absolute atomic E-state index is 0.0819. The average molecular weight is 424 g/mol. The second-order valence-electron chi connectivity index (χ2n) is 6.76. The maximum Gasteiger partial charge on any atom is 0.422 e. The van der Waals surface area contributed by atoms with Gasteiger partial charge in [0.1, 0.15) is 5.82 Å². The van der Waals surface area contributed by atoms with Gasteiger partial charge in [-0.05, 0) is 54.5 Å². The molecule has 158 valence electrons. The third kappa shape index (κ3) is 4.96. The first-order valence-corrected chi connectivity index (χ1v) is 9.21. The highest BCUT2D eigenvalue weighted by atomic mass is 19.4. The molecule has 0 saturated heterocycles. The van der Waals surface area contributed by atoms with Crippen LogP contribution in [0.2, 0.25) is 0 Å². The van der Waals surface area contributed by atoms with Gasteiger partial charge in [-0.2, -0.15) is 13.2 Å². The summed E-state index contributed by atoms with van der Waals surface area (Å²) in [6.45, 7) is 0.0938. The predicted octanol–water partition coefficient (Wildman–Crippen LogP) is 7.37. The maximum absolute atomic E-state index is 14.6. The molecule has 30 heavy (non-hydrogen) atoms. The van der Waals surface area contributed by atoms with Gasteiger partial charge in [0.25, 0.3) is 0 Å². The van der Waals surface area contributed by atoms with E-state index in [-0.39, 0.29) is 16.3 Å². The number of aryl methyl sites for hydroxylation is 1. The van der Waals surface area contributed by atoms with Crippen molar-refractivity contribution in [2.75, 3.05) is 6.61 Å². The normalized spacial score (nSPS) is 12.1. The number of allylic oxidation sites excluding steroid dienone is 2. The Labute approximate surface area is 169 Å². The van der Waals surface area contributed by atoms with Crippen molar-refractivity contribution in [2.45, 2.75) is 25.9 Å². The van der Waals surface area contributed by atoms with Gasteiger partial charge >= 0.3 is 6.18 Å². The summed E-state index contributed by atoms with van der Waals surface area (Å²) in [5.74, 6) is -4.07. The summed E-state index contributed by atoms with van der Waals surface area (Å²) in [7, 11) is 0. The number of halogens is 6. The average Bonchev–Trinajstić information content (AvgIpc) is 2.67. The molecule has 0 aliphatic rings. The lowest BCUT2D eigenvalue weighted by molar-refractivity contribution is -0.154. The predicted molar refractivity (Wildman–Crippen MR) is 104 cm³/mol. The lowest BCUT2D eigenvalue weighted by Crippen LogP contribution is -2.20. The minimum atomic E-state index is -4.73. The zero-order valence-electron chi connectivity index (χ0n) is 16.0. The Hall–Kier alpha value is -2.96. The van der Waals surface area contributed by atoms with Crippen LogP contribution in [0, 0.1) is 17.5 Å². The van der Waals surface area contributed by atoms with E-state index in [9.17, 15) is 26.3 Å². The van der Waals surface area contributed by atoms with Crippen LogP contribution < -0.4 is 4.74 Å². The summed E-state index contributed by atoms with van der Waals surface area (Å²) < 4.78 is 84.5. The monoisotopic (exact) mass is 424 g/mol. The van der Waals surface area contributed by atoms with E-state index < -0.39 is 36.0 Å². The van der Waals surface area contributed by atoms with Gasteiger partial charge in [-0.15, -0.1) is 0 Å². The molecule has 0 unspecified atom stereocenters. The van der Waals surface area contributed by atoms with Gasteiger partial charge < -0.3 is 4.74 Å². The van der Waals surface area contributed by atoms with Gasteiger partial charge in [0.05, 0.1) is 0 Å². The molecule has 0 aromatic heterocycles. The van der Waals surface area contributed by atoms with Crippen LogP contribution in [0.4, 0.5) is 26.3 Å². The van der Waals surface area contributed by atoms with E-state index in [0.717, 1.165) is 18.1 Å². The van der Waals surface area contributed by atoms with Crippen molar-refractivity contribution in [3.63, 3.8) is 0 Å². The Morgan fingerprint density at radius 2 is 1.70 bits per heavy atom. The van der Waals surface area contributed by atoms with Gasteiger partial charge in [-0.25, -0.2) is 13.2 Å². The van der Waals surface area contributed by atoms with Gasteiger partial charge in [0, 0.05) is 10.9 Å². The molecule has 0 atom stereocenters. The molecular weight excluding hydrogens is 406 g/mol. The molecule has 7 heteroatoms. The van der Waals surface area contributed by atoms with Crippen LogP contribution in [0.15, 0.2) is 54.6 Å². The quantitative estimate of drug-likeness (QED) is 0.296. The molecule has 0 aliphatic carbocycles. The SMILES string of the molecule is C/C=C/CCc1ccc(-c2ccc3c(F)c(OCC(F)(F)F)c(F)cc3c2)c(F)c1. The van der Waals surface area contributed by atoms with Crippen LogP contribution in [-0.2, 0) is 6.42 Å². The molecule has 3 aromatic carbocycles. The first kappa shape index (κ1) is 21.7. The topological polar surface area (TPSA) is 9.23 Å². The van der Waals surface area contributed by atoms with Crippen LogP contribution in [0.5, 0.6) is 5.75 Å². The highest BCUT2D eigenvalue weighted by Crippen LogP contribution is 2.34. The minimum Gasteiger partial charge on any atom is -0.478 e. The van der Waals surface area contributed by atoms with Crippen molar-refractivity contribution >= 4 is 10.8 Å². The highest BCUT2D eigenvalue weighted by Gasteiger charge is 2.30. The zero-order chi connectivity index (χ0) is 21.9. The maximum atomic E-state index is 14.6. The van der Waals surface area contributed by atoms with Crippen molar-refractivity contribution < 1.29 is 31.1 Å². The van der Waals surface area contributed by atoms with Crippen LogP contribution in [0.1, 0.15) is 18.9 Å². The first-order valence-electron chi connectivity index (χ1n) is 9.21. The van der Waals surface area contributed by atoms with E-state index in [2.05, 4.69) is 4.74 Å². The molecular formula is C23H18F6O. The van der Waals surface area contributed by atoms with E-state index in [1.54, 1.807) is 12.1 Å². The van der Waals surface area contributed by atoms with Crippen molar-refractivity contribution in [2.24, 2.45) is 0 Å². The summed E-state index contributed by atoms with van der Waals surface area (Å²) in [6, 6.07) is 9.73. The number of benzene rings is 3. The number of hydrogen-bond donors (Lipinski definition) is 0. The molecule has 0 saturated carbocycles. The van der Waals surface area contributed by atoms with Crippen LogP contribution in [-0.4, -0.2) is 12.8 Å². The molecule has 0 bridgehead atoms. The first-order chi connectivity index (χ1) is 14.2. The summed E-state index contributed by atoms with van der Waals surface area (Å²) >= 11 is 0. The smallest absolute Gasteiger partial charge is 0.422 e. The van der Waals surface area contributed by atoms with Crippen molar-refractivity contribution in [1.29, 1.82) is 0 Å². The van der Waals surface area contributed by atoms with E-state index in [0.29, 0.717) is 12.0 Å². The van der Waals surface area contributed by atoms with Gasteiger partial charge in [0.15, 0.2) is 24.0 Å². The Morgan fingerprint density at radius 3 is 2.37 bits per heavy atom. The molecule has 3 rings (SSSR count). The number of hydrogen-bond acceptors (Lipinski definition) is 1. The standard InChI is InChI=1S/C23H18F6O/c1-2-3-4-5-14-6-8-17(19(24)10-14)15-7-9-18-16(11-15)12-20(25)22(21(18)26)30-13-23(27,28)29/h2-3,6-12H,4-5,13H2,1H3/b3-2+. The molecule has 0 aliphatic heterocycles. The highest BCUT2D eigenvalue weighted by molar-refractivity contribution is 5.89. The van der Waals surface area contributed by atoms with Crippen molar-refractivity contribution in [1.82, 2.24) is 0 Å². The lowest BCUT2D eigenvalue weighted by atomic mass is 9.98. The third-order valence-electron chi connectivity index (χ3n) is 4.55. The molecule has 0 fully saturated rings. The molecule has 0 heterocycles. The largest absolute Gasteiger partial charge is 0.478 e. The molecule has 3 aromatic rings. The van der Waals surface area contributed by atoms with Crippen LogP contribution >= 0.6 is 0 Å². The molecule has 0 N–H and O–H groups in total. The van der Waals surface area contributed by atoms with E-state index in [4.69, 9.17) is 0 Å². The second kappa shape index (κ2) is 8.81. The fraction of sp³-hybridized carbons (Fsp3) is 0.217. The second-order valence-corrected chi connectivity index (χ2v) is 6.76. The van der Waals surface area contributed by atoms with Gasteiger partial charge in [0.2, 0.25) is 0 Å². The summed E-state index contributed by atoms with van der Waals surface area (Å²) in [5.41, 5.74) is 1.46. The Bertz CT molecular complexity index is 1090. The van der Waals surface area contributed by atoms with Crippen LogP contribution in [0.25, 0.3) is 21.9 Å². The number of ether oxygens (including phenoxy) is 1. The number of alkyl halides is 3. The lowest BCUT2D eigenvalue weighted by Gasteiger charge is -2.13. The third-order valence-corrected chi connectivity index (χ3v) is 4.55. The Kier molecular flexibility index (Phi) is 6.39. The zero-order valence-corrected chi connectivity index (χ0v) is 16.0. The summed E-state index contributed by atoms with van der Waals surface area (Å²) in [6.07, 6.45) is 0.621. The van der Waals surface area contributed by atoms with Crippen molar-refractivity contribution in [3.8, 4) is 16.9 Å². The van der Waals surface area contributed by atoms with E-state index in [1.165, 1.54) is 24.3 Å². The molecule has 1 nitrogen and oxygen atoms in total. The Balaban J connectivity index is 1.94. The molecule has 0 spiro atoms. The number of rotatable bonds is 6. The summed E-state index contributed by atoms with van der Waals surface area (Å²) in [4.78, 5) is 0. The number of fused-ring (bicyclic) bond motifs is 1. The molecule has 0 radical (unpaired) electrons. The van der Waals surface area contributed by atoms with Gasteiger partial charge in [-0.3, -0.25) is 0 Å². The van der Waals surface area contributed by atoms with Gasteiger partial charge in [-0.1, -0.05) is 36.4 Å². The van der Waals surface area contributed by atoms with Crippen LogP contribution in [0.3, 0.4) is 0 Å². The molecule has 0 amide bonds. The fourth-order valence-corrected chi connectivity index (χ4v) is 3.13. The Morgan fingerprint density at radius 1 is 0.933 bits per heavy atom. The summed E-state index contributed by atoms with van der Waals surface area (Å²) in [5, 5.41) is -0.0425. The van der Waals surface area contributed by atoms with E-state index >= 15 is 0 Å². The van der Waals surface area contributed by atoms with Crippen molar-refractivity contribution in [3.05, 3.63) is 77.6 Å².